The Kier molecular flexibility index (Phi) is 4.43. The molecule has 0 spiro atoms. The quantitative estimate of drug-likeness (QED) is 0.790. The third-order valence-electron chi connectivity index (χ3n) is 4.33. The van der Waals surface area contributed by atoms with Crippen molar-refractivity contribution in [3.8, 4) is 0 Å². The number of nitrogens with one attached hydrogen (secondary N) is 2. The highest BCUT2D eigenvalue weighted by Gasteiger charge is 2.24. The molecule has 1 aromatic carbocycles. The van der Waals surface area contributed by atoms with Crippen molar-refractivity contribution in [1.82, 2.24) is 15.6 Å². The number of hydrogen-bond acceptors (Lipinski definition) is 4. The third kappa shape index (κ3) is 3.33. The first kappa shape index (κ1) is 16.9. The highest BCUT2D eigenvalue weighted by Crippen LogP contribution is 2.31. The van der Waals surface area contributed by atoms with Crippen LogP contribution in [0.15, 0.2) is 18.2 Å². The molecule has 3 rings (SSSR count). The molecule has 8 heteroatoms. The van der Waals surface area contributed by atoms with E-state index in [4.69, 9.17) is 5.11 Å². The summed E-state index contributed by atoms with van der Waals surface area (Å²) in [5, 5.41) is 14.9. The first-order valence-corrected chi connectivity index (χ1v) is 7.97. The molecule has 1 aliphatic rings. The van der Waals surface area contributed by atoms with Crippen LogP contribution >= 0.6 is 0 Å². The fourth-order valence-corrected chi connectivity index (χ4v) is 3.02. The summed E-state index contributed by atoms with van der Waals surface area (Å²) in [6, 6.07) is 4.26. The van der Waals surface area contributed by atoms with E-state index in [2.05, 4.69) is 15.6 Å². The van der Waals surface area contributed by atoms with E-state index < -0.39 is 12.1 Å². The van der Waals surface area contributed by atoms with Crippen molar-refractivity contribution in [3.63, 3.8) is 0 Å². The van der Waals surface area contributed by atoms with Gasteiger partial charge in [-0.2, -0.15) is 0 Å². The lowest BCUT2D eigenvalue weighted by molar-refractivity contribution is -0.120. The van der Waals surface area contributed by atoms with Crippen molar-refractivity contribution in [3.05, 3.63) is 35.1 Å². The second-order valence-corrected chi connectivity index (χ2v) is 6.09. The van der Waals surface area contributed by atoms with Gasteiger partial charge in [-0.3, -0.25) is 4.79 Å². The molecule has 132 valence electrons. The van der Waals surface area contributed by atoms with Crippen molar-refractivity contribution in [1.29, 1.82) is 0 Å². The van der Waals surface area contributed by atoms with E-state index >= 15 is 0 Å². The molecule has 0 bridgehead atoms. The smallest absolute Gasteiger partial charge is 0.405 e. The van der Waals surface area contributed by atoms with Crippen LogP contribution < -0.4 is 15.5 Å². The highest BCUT2D eigenvalue weighted by molar-refractivity contribution is 5.87. The number of amides is 2. The van der Waals surface area contributed by atoms with Gasteiger partial charge in [0.25, 0.3) is 0 Å². The zero-order valence-corrected chi connectivity index (χ0v) is 14.0. The Morgan fingerprint density at radius 1 is 1.48 bits per heavy atom. The molecule has 1 aromatic heterocycles. The zero-order valence-electron chi connectivity index (χ0n) is 14.0. The Morgan fingerprint density at radius 2 is 2.24 bits per heavy atom. The number of pyridine rings is 1. The van der Waals surface area contributed by atoms with Gasteiger partial charge in [-0.1, -0.05) is 0 Å². The van der Waals surface area contributed by atoms with Crippen LogP contribution in [0.3, 0.4) is 0 Å². The molecule has 0 radical (unpaired) electrons. The lowest BCUT2D eigenvalue weighted by atomic mass is 10.0. The Hall–Kier alpha value is -2.90. The predicted octanol–water partition coefficient (Wildman–Crippen LogP) is 1.95. The number of fused-ring (bicyclic) bond motifs is 1. The molecule has 1 atom stereocenters. The maximum absolute atomic E-state index is 13.9. The van der Waals surface area contributed by atoms with Gasteiger partial charge < -0.3 is 20.6 Å². The van der Waals surface area contributed by atoms with Crippen molar-refractivity contribution in [2.45, 2.75) is 19.9 Å². The van der Waals surface area contributed by atoms with Crippen LogP contribution in [0.4, 0.5) is 15.0 Å². The standard InChI is InChI=1S/C17H19FN4O3/c1-9-13(18)4-3-11-7-12(10(2)20-17(24)25)16(21-15(9)11)22-6-5-19-14(23)8-22/h3-4,7,10,20H,5-6,8H2,1-2H3,(H,19,23)(H,24,25). The predicted molar refractivity (Wildman–Crippen MR) is 91.2 cm³/mol. The molecule has 2 amide bonds. The first-order valence-electron chi connectivity index (χ1n) is 7.97. The van der Waals surface area contributed by atoms with Crippen molar-refractivity contribution >= 4 is 28.7 Å². The average molecular weight is 346 g/mol. The number of nitrogens with zero attached hydrogens (tertiary/aromatic N) is 2. The number of anilines is 1. The summed E-state index contributed by atoms with van der Waals surface area (Å²) in [5.41, 5.74) is 1.58. The number of carbonyl (C=O) groups excluding carboxylic acids is 1. The van der Waals surface area contributed by atoms with Gasteiger partial charge in [0.05, 0.1) is 18.1 Å². The summed E-state index contributed by atoms with van der Waals surface area (Å²) in [6.07, 6.45) is -1.15. The number of hydrogen-bond donors (Lipinski definition) is 3. The number of piperazine rings is 1. The summed E-state index contributed by atoms with van der Waals surface area (Å²) in [7, 11) is 0. The summed E-state index contributed by atoms with van der Waals surface area (Å²) < 4.78 is 13.9. The van der Waals surface area contributed by atoms with Crippen LogP contribution in [0.2, 0.25) is 0 Å². The molecule has 25 heavy (non-hydrogen) atoms. The van der Waals surface area contributed by atoms with Gasteiger partial charge in [0.2, 0.25) is 5.91 Å². The number of benzene rings is 1. The number of carbonyl (C=O) groups is 2. The van der Waals surface area contributed by atoms with Gasteiger partial charge in [0.15, 0.2) is 0 Å². The molecule has 1 aliphatic heterocycles. The molecular formula is C17H19FN4O3. The minimum atomic E-state index is -1.15. The van der Waals surface area contributed by atoms with E-state index in [0.29, 0.717) is 35.6 Å². The van der Waals surface area contributed by atoms with E-state index in [1.807, 2.05) is 0 Å². The fourth-order valence-electron chi connectivity index (χ4n) is 3.02. The van der Waals surface area contributed by atoms with Crippen LogP contribution in [-0.2, 0) is 4.79 Å². The lowest BCUT2D eigenvalue weighted by Crippen LogP contribution is -2.48. The SMILES string of the molecule is Cc1c(F)ccc2cc(C(C)NC(=O)O)c(N3CCNC(=O)C3)nc12. The maximum Gasteiger partial charge on any atom is 0.405 e. The van der Waals surface area contributed by atoms with E-state index in [0.717, 1.165) is 5.39 Å². The van der Waals surface area contributed by atoms with Crippen molar-refractivity contribution in [2.75, 3.05) is 24.5 Å². The summed E-state index contributed by atoms with van der Waals surface area (Å²) in [6.45, 7) is 4.50. The van der Waals surface area contributed by atoms with E-state index in [1.165, 1.54) is 6.07 Å². The molecule has 1 saturated heterocycles. The molecule has 0 aliphatic carbocycles. The highest BCUT2D eigenvalue weighted by atomic mass is 19.1. The van der Waals surface area contributed by atoms with Crippen LogP contribution in [0.25, 0.3) is 10.9 Å². The van der Waals surface area contributed by atoms with Gasteiger partial charge in [0, 0.05) is 29.6 Å². The molecule has 1 unspecified atom stereocenters. The molecule has 7 nitrogen and oxygen atoms in total. The van der Waals surface area contributed by atoms with Gasteiger partial charge in [-0.15, -0.1) is 0 Å². The van der Waals surface area contributed by atoms with Gasteiger partial charge in [-0.25, -0.2) is 14.2 Å². The maximum atomic E-state index is 13.9. The molecule has 1 fully saturated rings. The fraction of sp³-hybridized carbons (Fsp3) is 0.353. The van der Waals surface area contributed by atoms with Crippen molar-refractivity contribution in [2.24, 2.45) is 0 Å². The lowest BCUT2D eigenvalue weighted by Gasteiger charge is -2.31. The van der Waals surface area contributed by atoms with E-state index in [1.54, 1.807) is 30.9 Å². The van der Waals surface area contributed by atoms with Crippen LogP contribution in [0.1, 0.15) is 24.1 Å². The Morgan fingerprint density at radius 3 is 2.92 bits per heavy atom. The van der Waals surface area contributed by atoms with E-state index in [9.17, 15) is 14.0 Å². The monoisotopic (exact) mass is 346 g/mol. The Balaban J connectivity index is 2.16. The average Bonchev–Trinajstić information content (AvgIpc) is 2.56. The first-order chi connectivity index (χ1) is 11.9. The molecule has 0 saturated carbocycles. The minimum absolute atomic E-state index is 0.125. The third-order valence-corrected chi connectivity index (χ3v) is 4.33. The second kappa shape index (κ2) is 6.54. The molecule has 3 N–H and O–H groups in total. The number of aromatic nitrogens is 1. The van der Waals surface area contributed by atoms with Crippen LogP contribution in [0, 0.1) is 12.7 Å². The van der Waals surface area contributed by atoms with Crippen molar-refractivity contribution < 1.29 is 19.1 Å². The Bertz CT molecular complexity index is 855. The minimum Gasteiger partial charge on any atom is -0.465 e. The van der Waals surface area contributed by atoms with Gasteiger partial charge in [-0.05, 0) is 32.0 Å². The van der Waals surface area contributed by atoms with Gasteiger partial charge >= 0.3 is 6.09 Å². The number of aryl methyl sites for hydroxylation is 1. The van der Waals surface area contributed by atoms with E-state index in [-0.39, 0.29) is 18.3 Å². The molecular weight excluding hydrogens is 327 g/mol. The molecule has 2 aromatic rings. The Labute approximate surface area is 143 Å². The molecule has 2 heterocycles. The topological polar surface area (TPSA) is 94.6 Å². The van der Waals surface area contributed by atoms with Crippen LogP contribution in [0.5, 0.6) is 0 Å². The normalized spacial score (nSPS) is 15.8. The van der Waals surface area contributed by atoms with Gasteiger partial charge in [0.1, 0.15) is 11.6 Å². The summed E-state index contributed by atoms with van der Waals surface area (Å²) in [5.74, 6) is 0.0120. The largest absolute Gasteiger partial charge is 0.465 e. The summed E-state index contributed by atoms with van der Waals surface area (Å²) in [4.78, 5) is 29.2. The number of rotatable bonds is 3. The van der Waals surface area contributed by atoms with Crippen LogP contribution in [-0.4, -0.2) is 41.7 Å². The number of halogens is 1. The number of carboxylic acid groups (broad SMARTS) is 1. The zero-order chi connectivity index (χ0) is 18.1. The summed E-state index contributed by atoms with van der Waals surface area (Å²) >= 11 is 0. The second-order valence-electron chi connectivity index (χ2n) is 6.09.